The number of hydrogen-bond donors (Lipinski definition) is 0. The maximum Gasteiger partial charge on any atom is 0.446 e. The topological polar surface area (TPSA) is 129 Å². The molecule has 0 atom stereocenters. The van der Waals surface area contributed by atoms with E-state index in [1.807, 2.05) is 0 Å². The Hall–Kier alpha value is -2.95. The average Bonchev–Trinajstić information content (AvgIpc) is 2.40. The van der Waals surface area contributed by atoms with Gasteiger partial charge in [0.15, 0.2) is 0 Å². The Labute approximate surface area is 101 Å². The number of methoxy groups -OCH3 is 1. The SMILES string of the molecule is COC(=O)C(=[N+]=[N-])C(=O)c1ccccc1N=[N+]=[N-]. The summed E-state index contributed by atoms with van der Waals surface area (Å²) in [5.74, 6) is -1.98. The predicted molar refractivity (Wildman–Crippen MR) is 60.2 cm³/mol. The molecule has 0 N–H and O–H groups in total. The number of ketones is 1. The summed E-state index contributed by atoms with van der Waals surface area (Å²) in [5, 5.41) is 3.30. The highest BCUT2D eigenvalue weighted by Crippen LogP contribution is 2.19. The first-order chi connectivity index (χ1) is 8.65. The lowest BCUT2D eigenvalue weighted by molar-refractivity contribution is -0.137. The Kier molecular flexibility index (Phi) is 4.34. The summed E-state index contributed by atoms with van der Waals surface area (Å²) in [7, 11) is 1.04. The molecule has 0 aromatic heterocycles. The van der Waals surface area contributed by atoms with Crippen LogP contribution < -0.4 is 0 Å². The van der Waals surface area contributed by atoms with Gasteiger partial charge in [0.2, 0.25) is 0 Å². The van der Waals surface area contributed by atoms with Crippen LogP contribution in [0.1, 0.15) is 10.4 Å². The highest BCUT2D eigenvalue weighted by molar-refractivity contribution is 6.66. The number of ether oxygens (including phenoxy) is 1. The normalized spacial score (nSPS) is 8.72. The first-order valence-electron chi connectivity index (χ1n) is 4.65. The molecule has 0 bridgehead atoms. The molecule has 0 unspecified atom stereocenters. The standard InChI is InChI=1S/C10H7N5O3/c1-18-10(17)8(13-11)9(16)6-4-2-3-5-7(6)14-15-12/h2-5H,1H3. The first-order valence-corrected chi connectivity index (χ1v) is 4.65. The second-order valence-electron chi connectivity index (χ2n) is 2.98. The van der Waals surface area contributed by atoms with Crippen molar-refractivity contribution in [2.24, 2.45) is 5.11 Å². The number of carbonyl (C=O) groups is 2. The zero-order valence-electron chi connectivity index (χ0n) is 9.27. The molecule has 0 fully saturated rings. The largest absolute Gasteiger partial charge is 0.460 e. The molecule has 90 valence electrons. The van der Waals surface area contributed by atoms with Crippen LogP contribution in [0.5, 0.6) is 0 Å². The van der Waals surface area contributed by atoms with E-state index < -0.39 is 17.5 Å². The molecule has 1 rings (SSSR count). The third-order valence-electron chi connectivity index (χ3n) is 1.99. The van der Waals surface area contributed by atoms with Crippen molar-refractivity contribution < 1.29 is 19.1 Å². The summed E-state index contributed by atoms with van der Waals surface area (Å²) in [4.78, 5) is 28.2. The van der Waals surface area contributed by atoms with Gasteiger partial charge in [-0.05, 0) is 5.53 Å². The highest BCUT2D eigenvalue weighted by Gasteiger charge is 2.32. The number of esters is 1. The lowest BCUT2D eigenvalue weighted by atomic mass is 10.1. The third kappa shape index (κ3) is 2.59. The van der Waals surface area contributed by atoms with Crippen LogP contribution >= 0.6 is 0 Å². The van der Waals surface area contributed by atoms with E-state index in [2.05, 4.69) is 19.6 Å². The average molecular weight is 245 g/mol. The number of Topliss-reactive ketones (excluding diaryl/α,β-unsaturated/α-hetero) is 1. The van der Waals surface area contributed by atoms with E-state index in [-0.39, 0.29) is 11.3 Å². The van der Waals surface area contributed by atoms with Crippen molar-refractivity contribution in [2.75, 3.05) is 7.11 Å². The van der Waals surface area contributed by atoms with E-state index in [1.54, 1.807) is 6.07 Å². The molecule has 0 aliphatic heterocycles. The van der Waals surface area contributed by atoms with Crippen molar-refractivity contribution >= 4 is 23.2 Å². The maximum atomic E-state index is 11.9. The Balaban J connectivity index is 3.31. The van der Waals surface area contributed by atoms with Crippen LogP contribution in [0, 0.1) is 0 Å². The molecule has 8 heteroatoms. The van der Waals surface area contributed by atoms with Gasteiger partial charge < -0.3 is 10.3 Å². The van der Waals surface area contributed by atoms with Gasteiger partial charge in [-0.25, -0.2) is 4.79 Å². The summed E-state index contributed by atoms with van der Waals surface area (Å²) in [5.41, 5.74) is 16.2. The number of hydrogen-bond acceptors (Lipinski definition) is 4. The Morgan fingerprint density at radius 3 is 2.50 bits per heavy atom. The fraction of sp³-hybridized carbons (Fsp3) is 0.100. The van der Waals surface area contributed by atoms with Crippen molar-refractivity contribution in [1.29, 1.82) is 0 Å². The van der Waals surface area contributed by atoms with Crippen LogP contribution in [0.15, 0.2) is 29.4 Å². The molecular formula is C10H7N5O3. The first kappa shape index (κ1) is 13.1. The molecule has 0 aliphatic rings. The molecule has 8 nitrogen and oxygen atoms in total. The minimum Gasteiger partial charge on any atom is -0.460 e. The summed E-state index contributed by atoms with van der Waals surface area (Å²) >= 11 is 0. The number of rotatable bonds is 4. The second-order valence-corrected chi connectivity index (χ2v) is 2.98. The molecule has 0 saturated heterocycles. The lowest BCUT2D eigenvalue weighted by Crippen LogP contribution is -2.26. The van der Waals surface area contributed by atoms with E-state index in [4.69, 9.17) is 11.1 Å². The van der Waals surface area contributed by atoms with Gasteiger partial charge in [-0.1, -0.05) is 29.4 Å². The number of azide groups is 1. The zero-order valence-corrected chi connectivity index (χ0v) is 9.27. The monoisotopic (exact) mass is 245 g/mol. The van der Waals surface area contributed by atoms with Crippen LogP contribution in [0.3, 0.4) is 0 Å². The fourth-order valence-corrected chi connectivity index (χ4v) is 1.20. The summed E-state index contributed by atoms with van der Waals surface area (Å²) < 4.78 is 4.29. The van der Waals surface area contributed by atoms with Crippen LogP contribution in [0.4, 0.5) is 5.69 Å². The van der Waals surface area contributed by atoms with Gasteiger partial charge in [-0.3, -0.25) is 4.79 Å². The Morgan fingerprint density at radius 2 is 1.94 bits per heavy atom. The molecule has 0 radical (unpaired) electrons. The molecule has 0 heterocycles. The zero-order chi connectivity index (χ0) is 13.5. The molecule has 1 aromatic rings. The molecular weight excluding hydrogens is 238 g/mol. The Bertz CT molecular complexity index is 597. The van der Waals surface area contributed by atoms with Crippen molar-refractivity contribution in [1.82, 2.24) is 0 Å². The minimum absolute atomic E-state index is 0.0232. The number of benzene rings is 1. The van der Waals surface area contributed by atoms with Crippen molar-refractivity contribution in [3.63, 3.8) is 0 Å². The van der Waals surface area contributed by atoms with Gasteiger partial charge >= 0.3 is 11.7 Å². The Morgan fingerprint density at radius 1 is 1.28 bits per heavy atom. The summed E-state index contributed by atoms with van der Waals surface area (Å²) in [6, 6.07) is 5.78. The number of carbonyl (C=O) groups excluding carboxylic acids is 2. The summed E-state index contributed by atoms with van der Waals surface area (Å²) in [6.07, 6.45) is 0. The van der Waals surface area contributed by atoms with Crippen molar-refractivity contribution in [3.8, 4) is 0 Å². The van der Waals surface area contributed by atoms with Gasteiger partial charge in [-0.15, -0.1) is 0 Å². The van der Waals surface area contributed by atoms with E-state index in [9.17, 15) is 9.59 Å². The quantitative estimate of drug-likeness (QED) is 0.152. The number of nitrogens with zero attached hydrogens (tertiary/aromatic N) is 5. The molecule has 1 aromatic carbocycles. The molecule has 18 heavy (non-hydrogen) atoms. The van der Waals surface area contributed by atoms with E-state index in [1.165, 1.54) is 18.2 Å². The van der Waals surface area contributed by atoms with Crippen LogP contribution in [-0.4, -0.2) is 29.4 Å². The predicted octanol–water partition coefficient (Wildman–Crippen LogP) is 1.65. The van der Waals surface area contributed by atoms with Crippen molar-refractivity contribution in [3.05, 3.63) is 45.8 Å². The molecule has 0 spiro atoms. The van der Waals surface area contributed by atoms with Crippen LogP contribution in [0.2, 0.25) is 0 Å². The highest BCUT2D eigenvalue weighted by atomic mass is 16.5. The smallest absolute Gasteiger partial charge is 0.446 e. The van der Waals surface area contributed by atoms with Gasteiger partial charge in [0.25, 0.3) is 5.78 Å². The molecule has 0 saturated carbocycles. The minimum atomic E-state index is -1.08. The van der Waals surface area contributed by atoms with Crippen molar-refractivity contribution in [2.45, 2.75) is 0 Å². The second kappa shape index (κ2) is 5.95. The fourth-order valence-electron chi connectivity index (χ4n) is 1.20. The van der Waals surface area contributed by atoms with E-state index >= 15 is 0 Å². The van der Waals surface area contributed by atoms with Gasteiger partial charge in [0, 0.05) is 16.2 Å². The van der Waals surface area contributed by atoms with E-state index in [0.717, 1.165) is 7.11 Å². The lowest BCUT2D eigenvalue weighted by Gasteiger charge is -1.99. The van der Waals surface area contributed by atoms with Crippen LogP contribution in [-0.2, 0) is 9.53 Å². The van der Waals surface area contributed by atoms with Gasteiger partial charge in [0.1, 0.15) is 0 Å². The van der Waals surface area contributed by atoms with E-state index in [0.29, 0.717) is 0 Å². The van der Waals surface area contributed by atoms with Gasteiger partial charge in [0.05, 0.1) is 7.11 Å². The van der Waals surface area contributed by atoms with Gasteiger partial charge in [-0.2, -0.15) is 4.79 Å². The third-order valence-corrected chi connectivity index (χ3v) is 1.99. The van der Waals surface area contributed by atoms with Crippen LogP contribution in [0.25, 0.3) is 16.0 Å². The molecule has 0 amide bonds. The molecule has 0 aliphatic carbocycles. The summed E-state index contributed by atoms with van der Waals surface area (Å²) in [6.45, 7) is 0. The maximum absolute atomic E-state index is 11.9.